The van der Waals surface area contributed by atoms with Crippen LogP contribution in [0.1, 0.15) is 34.9 Å². The van der Waals surface area contributed by atoms with Crippen molar-refractivity contribution >= 4 is 11.3 Å². The van der Waals surface area contributed by atoms with Gasteiger partial charge in [0.15, 0.2) is 0 Å². The Balaban J connectivity index is 1.53. The van der Waals surface area contributed by atoms with Gasteiger partial charge in [-0.15, -0.1) is 11.3 Å². The fraction of sp³-hybridized carbons (Fsp3) is 0.364. The van der Waals surface area contributed by atoms with Crippen LogP contribution < -0.4 is 5.56 Å². The lowest BCUT2D eigenvalue weighted by Gasteiger charge is -2.21. The van der Waals surface area contributed by atoms with Gasteiger partial charge in [-0.05, 0) is 43.0 Å². The maximum Gasteiger partial charge on any atom is 0.251 e. The lowest BCUT2D eigenvalue weighted by atomic mass is 9.96. The number of nitrogens with zero attached hydrogens (tertiary/aromatic N) is 2. The van der Waals surface area contributed by atoms with Crippen LogP contribution in [0.3, 0.4) is 0 Å². The maximum absolute atomic E-state index is 12.2. The van der Waals surface area contributed by atoms with Gasteiger partial charge >= 0.3 is 0 Å². The van der Waals surface area contributed by atoms with Gasteiger partial charge in [-0.2, -0.15) is 0 Å². The summed E-state index contributed by atoms with van der Waals surface area (Å²) in [5.41, 5.74) is 2.94. The van der Waals surface area contributed by atoms with Gasteiger partial charge in [-0.3, -0.25) is 9.69 Å². The molecule has 1 saturated heterocycles. The van der Waals surface area contributed by atoms with Gasteiger partial charge in [0, 0.05) is 48.7 Å². The highest BCUT2D eigenvalue weighted by Crippen LogP contribution is 2.26. The predicted molar refractivity (Wildman–Crippen MR) is 113 cm³/mol. The second kappa shape index (κ2) is 8.82. The van der Waals surface area contributed by atoms with E-state index in [1.807, 2.05) is 12.1 Å². The second-order valence-corrected chi connectivity index (χ2v) is 8.39. The monoisotopic (exact) mass is 395 g/mol. The summed E-state index contributed by atoms with van der Waals surface area (Å²) in [6.07, 6.45) is 1.84. The molecule has 1 aliphatic heterocycles. The molecule has 0 spiro atoms. The van der Waals surface area contributed by atoms with Crippen LogP contribution in [-0.2, 0) is 17.8 Å². The minimum Gasteiger partial charge on any atom is -0.381 e. The van der Waals surface area contributed by atoms with Gasteiger partial charge in [0.2, 0.25) is 0 Å². The molecule has 1 N–H and O–H groups in total. The minimum atomic E-state index is -0.0910. The summed E-state index contributed by atoms with van der Waals surface area (Å²) < 4.78 is 5.44. The zero-order valence-corrected chi connectivity index (χ0v) is 16.9. The molecule has 1 aliphatic rings. The van der Waals surface area contributed by atoms with Crippen molar-refractivity contribution in [2.24, 2.45) is 0 Å². The van der Waals surface area contributed by atoms with Crippen molar-refractivity contribution in [2.45, 2.75) is 31.8 Å². The molecule has 0 radical (unpaired) electrons. The number of hydrogen-bond donors (Lipinski definition) is 1. The van der Waals surface area contributed by atoms with Gasteiger partial charge in [0.05, 0.1) is 5.69 Å². The molecular weight excluding hydrogens is 370 g/mol. The summed E-state index contributed by atoms with van der Waals surface area (Å²) in [4.78, 5) is 23.6. The summed E-state index contributed by atoms with van der Waals surface area (Å²) in [6, 6.07) is 14.2. The smallest absolute Gasteiger partial charge is 0.251 e. The van der Waals surface area contributed by atoms with E-state index < -0.39 is 0 Å². The van der Waals surface area contributed by atoms with Crippen molar-refractivity contribution in [2.75, 3.05) is 20.3 Å². The summed E-state index contributed by atoms with van der Waals surface area (Å²) in [5.74, 6) is 0.951. The number of benzene rings is 1. The first-order valence-corrected chi connectivity index (χ1v) is 10.5. The summed E-state index contributed by atoms with van der Waals surface area (Å²) in [5, 5.41) is 2.11. The first-order chi connectivity index (χ1) is 13.7. The number of aromatic nitrogens is 2. The van der Waals surface area contributed by atoms with Crippen LogP contribution in [0.4, 0.5) is 0 Å². The fourth-order valence-corrected chi connectivity index (χ4v) is 4.45. The Morgan fingerprint density at radius 1 is 1.18 bits per heavy atom. The SMILES string of the molecule is CN(Cc1cccc(-c2nc(C3CCOCC3)cc(=O)[nH]2)c1)Cc1cccs1. The minimum absolute atomic E-state index is 0.0910. The molecule has 5 nitrogen and oxygen atoms in total. The lowest BCUT2D eigenvalue weighted by molar-refractivity contribution is 0.0845. The zero-order chi connectivity index (χ0) is 19.3. The quantitative estimate of drug-likeness (QED) is 0.685. The van der Waals surface area contributed by atoms with E-state index in [9.17, 15) is 4.79 Å². The van der Waals surface area contributed by atoms with Crippen molar-refractivity contribution in [1.82, 2.24) is 14.9 Å². The van der Waals surface area contributed by atoms with E-state index in [0.717, 1.165) is 50.4 Å². The molecule has 0 unspecified atom stereocenters. The molecule has 28 heavy (non-hydrogen) atoms. The number of aromatic amines is 1. The van der Waals surface area contributed by atoms with E-state index in [-0.39, 0.29) is 5.56 Å². The fourth-order valence-electron chi connectivity index (χ4n) is 3.67. The Morgan fingerprint density at radius 3 is 2.82 bits per heavy atom. The molecule has 0 saturated carbocycles. The third kappa shape index (κ3) is 4.76. The van der Waals surface area contributed by atoms with E-state index in [4.69, 9.17) is 9.72 Å². The molecule has 3 heterocycles. The number of nitrogens with one attached hydrogen (secondary N) is 1. The van der Waals surface area contributed by atoms with Crippen molar-refractivity contribution in [3.63, 3.8) is 0 Å². The molecule has 6 heteroatoms. The first kappa shape index (κ1) is 19.1. The van der Waals surface area contributed by atoms with E-state index >= 15 is 0 Å². The Labute approximate surface area is 169 Å². The Morgan fingerprint density at radius 2 is 2.04 bits per heavy atom. The van der Waals surface area contributed by atoms with Crippen molar-refractivity contribution in [3.8, 4) is 11.4 Å². The molecule has 0 atom stereocenters. The van der Waals surface area contributed by atoms with Gasteiger partial charge in [0.25, 0.3) is 5.56 Å². The number of H-pyrrole nitrogens is 1. The highest BCUT2D eigenvalue weighted by atomic mass is 32.1. The number of rotatable bonds is 6. The average Bonchev–Trinajstić information content (AvgIpc) is 3.21. The Kier molecular flexibility index (Phi) is 6.00. The highest BCUT2D eigenvalue weighted by Gasteiger charge is 2.19. The molecule has 3 aromatic rings. The molecule has 1 fully saturated rings. The van der Waals surface area contributed by atoms with Gasteiger partial charge in [-0.25, -0.2) is 4.98 Å². The highest BCUT2D eigenvalue weighted by molar-refractivity contribution is 7.09. The van der Waals surface area contributed by atoms with Crippen LogP contribution in [0.25, 0.3) is 11.4 Å². The topological polar surface area (TPSA) is 58.2 Å². The van der Waals surface area contributed by atoms with Gasteiger partial charge in [0.1, 0.15) is 5.82 Å². The number of thiophene rings is 1. The van der Waals surface area contributed by atoms with Crippen LogP contribution in [0, 0.1) is 0 Å². The number of hydrogen-bond acceptors (Lipinski definition) is 5. The average molecular weight is 396 g/mol. The molecular formula is C22H25N3O2S. The number of ether oxygens (including phenoxy) is 1. The molecule has 1 aromatic carbocycles. The third-order valence-electron chi connectivity index (χ3n) is 5.06. The third-order valence-corrected chi connectivity index (χ3v) is 5.92. The van der Waals surface area contributed by atoms with Crippen LogP contribution >= 0.6 is 11.3 Å². The van der Waals surface area contributed by atoms with Crippen molar-refractivity contribution < 1.29 is 4.74 Å². The van der Waals surface area contributed by atoms with Gasteiger partial charge in [-0.1, -0.05) is 24.3 Å². The van der Waals surface area contributed by atoms with Gasteiger partial charge < -0.3 is 9.72 Å². The van der Waals surface area contributed by atoms with E-state index in [0.29, 0.717) is 11.7 Å². The summed E-state index contributed by atoms with van der Waals surface area (Å²) in [7, 11) is 2.12. The molecule has 0 bridgehead atoms. The summed E-state index contributed by atoms with van der Waals surface area (Å²) in [6.45, 7) is 3.24. The van der Waals surface area contributed by atoms with E-state index in [2.05, 4.69) is 46.6 Å². The van der Waals surface area contributed by atoms with Crippen LogP contribution in [0.5, 0.6) is 0 Å². The molecule has 0 amide bonds. The molecule has 0 aliphatic carbocycles. The lowest BCUT2D eigenvalue weighted by Crippen LogP contribution is -2.19. The van der Waals surface area contributed by atoms with E-state index in [1.54, 1.807) is 17.4 Å². The standard InChI is InChI=1S/C22H25N3O2S/c1-25(15-19-6-3-11-28-19)14-16-4-2-5-18(12-16)22-23-20(13-21(26)24-22)17-7-9-27-10-8-17/h2-6,11-13,17H,7-10,14-15H2,1H3,(H,23,24,26). The Bertz CT molecular complexity index is 962. The van der Waals surface area contributed by atoms with Crippen LogP contribution in [-0.4, -0.2) is 35.1 Å². The maximum atomic E-state index is 12.2. The predicted octanol–water partition coefficient (Wildman–Crippen LogP) is 4.02. The summed E-state index contributed by atoms with van der Waals surface area (Å²) >= 11 is 1.78. The molecule has 2 aromatic heterocycles. The zero-order valence-electron chi connectivity index (χ0n) is 16.1. The van der Waals surface area contributed by atoms with Crippen LogP contribution in [0.2, 0.25) is 0 Å². The molecule has 146 valence electrons. The molecule has 4 rings (SSSR count). The first-order valence-electron chi connectivity index (χ1n) is 9.66. The van der Waals surface area contributed by atoms with Crippen molar-refractivity contribution in [3.05, 3.63) is 74.3 Å². The second-order valence-electron chi connectivity index (χ2n) is 7.36. The van der Waals surface area contributed by atoms with Crippen molar-refractivity contribution in [1.29, 1.82) is 0 Å². The largest absolute Gasteiger partial charge is 0.381 e. The Hall–Kier alpha value is -2.28. The normalized spacial score (nSPS) is 15.2. The van der Waals surface area contributed by atoms with Crippen LogP contribution in [0.15, 0.2) is 52.6 Å². The van der Waals surface area contributed by atoms with E-state index in [1.165, 1.54) is 10.4 Å².